The number of hydrogen-bond acceptors (Lipinski definition) is 6. The van der Waals surface area contributed by atoms with Crippen LogP contribution in [0.3, 0.4) is 0 Å². The van der Waals surface area contributed by atoms with E-state index in [1.165, 1.54) is 16.1 Å². The van der Waals surface area contributed by atoms with Gasteiger partial charge in [-0.3, -0.25) is 24.2 Å². The molecule has 3 aromatic rings. The first-order chi connectivity index (χ1) is 16.8. The van der Waals surface area contributed by atoms with Crippen LogP contribution in [-0.2, 0) is 20.9 Å². The number of amides is 3. The Morgan fingerprint density at radius 2 is 1.83 bits per heavy atom. The van der Waals surface area contributed by atoms with Gasteiger partial charge in [-0.05, 0) is 49.2 Å². The highest BCUT2D eigenvalue weighted by molar-refractivity contribution is 8.26. The first-order valence-electron chi connectivity index (χ1n) is 10.9. The zero-order valence-corrected chi connectivity index (χ0v) is 20.7. The van der Waals surface area contributed by atoms with E-state index in [4.69, 9.17) is 16.6 Å². The number of rotatable bonds is 5. The van der Waals surface area contributed by atoms with Crippen molar-refractivity contribution in [3.05, 3.63) is 88.2 Å². The molecule has 0 bridgehead atoms. The number of para-hydroxylation sites is 1. The molecule has 5 rings (SSSR count). The number of carbonyl (C=O) groups is 3. The summed E-state index contributed by atoms with van der Waals surface area (Å²) in [5.41, 5.74) is 4.11. The largest absolute Gasteiger partial charge is 0.467 e. The van der Waals surface area contributed by atoms with E-state index in [1.54, 1.807) is 36.4 Å². The Morgan fingerprint density at radius 3 is 2.60 bits per heavy atom. The van der Waals surface area contributed by atoms with E-state index in [0.717, 1.165) is 22.9 Å². The van der Waals surface area contributed by atoms with Crippen molar-refractivity contribution in [3.8, 4) is 0 Å². The Kier molecular flexibility index (Phi) is 6.04. The molecule has 7 nitrogen and oxygen atoms in total. The molecule has 0 spiro atoms. The number of thiocarbonyl (C=S) groups is 1. The molecule has 3 amide bonds. The molecule has 1 aromatic heterocycles. The summed E-state index contributed by atoms with van der Waals surface area (Å²) in [7, 11) is 0. The highest BCUT2D eigenvalue weighted by Crippen LogP contribution is 2.44. The lowest BCUT2D eigenvalue weighted by Crippen LogP contribution is -2.35. The van der Waals surface area contributed by atoms with E-state index in [1.807, 2.05) is 32.0 Å². The highest BCUT2D eigenvalue weighted by Gasteiger charge is 2.42. The molecule has 1 fully saturated rings. The van der Waals surface area contributed by atoms with Gasteiger partial charge >= 0.3 is 0 Å². The summed E-state index contributed by atoms with van der Waals surface area (Å²) in [6.07, 6.45) is 1.53. The molecule has 176 valence electrons. The topological polar surface area (TPSA) is 82.9 Å². The number of carbonyl (C=O) groups excluding carboxylic acids is 3. The number of anilines is 2. The molecule has 2 aliphatic heterocycles. The van der Waals surface area contributed by atoms with E-state index in [9.17, 15) is 14.4 Å². The predicted molar refractivity (Wildman–Crippen MR) is 140 cm³/mol. The molecular weight excluding hydrogens is 482 g/mol. The fraction of sp³-hybridized carbons (Fsp3) is 0.154. The third kappa shape index (κ3) is 4.28. The number of thioether (sulfide) groups is 1. The molecule has 2 aliphatic rings. The van der Waals surface area contributed by atoms with Crippen molar-refractivity contribution < 1.29 is 18.8 Å². The van der Waals surface area contributed by atoms with Crippen LogP contribution in [0.2, 0.25) is 0 Å². The van der Waals surface area contributed by atoms with Gasteiger partial charge in [0.05, 0.1) is 29.0 Å². The maximum absolute atomic E-state index is 13.6. The molecule has 35 heavy (non-hydrogen) atoms. The van der Waals surface area contributed by atoms with E-state index >= 15 is 0 Å². The van der Waals surface area contributed by atoms with E-state index in [-0.39, 0.29) is 35.4 Å². The molecule has 0 saturated carbocycles. The monoisotopic (exact) mass is 503 g/mol. The predicted octanol–water partition coefficient (Wildman–Crippen LogP) is 4.65. The number of furan rings is 1. The number of hydrogen-bond donors (Lipinski definition) is 1. The van der Waals surface area contributed by atoms with Gasteiger partial charge in [-0.2, -0.15) is 0 Å². The van der Waals surface area contributed by atoms with Crippen LogP contribution in [0.1, 0.15) is 22.5 Å². The van der Waals surface area contributed by atoms with Crippen LogP contribution < -0.4 is 10.2 Å². The second-order valence-electron chi connectivity index (χ2n) is 8.32. The summed E-state index contributed by atoms with van der Waals surface area (Å²) in [4.78, 5) is 42.9. The molecule has 0 unspecified atom stereocenters. The zero-order valence-electron chi connectivity index (χ0n) is 19.0. The molecule has 1 N–H and O–H groups in total. The Hall–Kier alpha value is -3.69. The van der Waals surface area contributed by atoms with Crippen molar-refractivity contribution in [2.45, 2.75) is 20.4 Å². The molecule has 9 heteroatoms. The minimum absolute atomic E-state index is 0.181. The van der Waals surface area contributed by atoms with Gasteiger partial charge in [-0.1, -0.05) is 54.3 Å². The fourth-order valence-corrected chi connectivity index (χ4v) is 5.43. The van der Waals surface area contributed by atoms with Crippen LogP contribution in [-0.4, -0.2) is 33.5 Å². The number of aryl methyl sites for hydroxylation is 2. The number of nitrogens with one attached hydrogen (secondary N) is 1. The smallest absolute Gasteiger partial charge is 0.267 e. The third-order valence-corrected chi connectivity index (χ3v) is 7.31. The molecule has 0 radical (unpaired) electrons. The van der Waals surface area contributed by atoms with E-state index in [2.05, 4.69) is 5.32 Å². The normalized spacial score (nSPS) is 17.4. The van der Waals surface area contributed by atoms with Gasteiger partial charge in [0.25, 0.3) is 11.8 Å². The molecule has 0 aliphatic carbocycles. The van der Waals surface area contributed by atoms with Gasteiger partial charge in [0, 0.05) is 11.3 Å². The quantitative estimate of drug-likeness (QED) is 0.403. The van der Waals surface area contributed by atoms with Gasteiger partial charge in [-0.15, -0.1) is 0 Å². The van der Waals surface area contributed by atoms with Crippen molar-refractivity contribution in [3.63, 3.8) is 0 Å². The van der Waals surface area contributed by atoms with E-state index < -0.39 is 5.91 Å². The summed E-state index contributed by atoms with van der Waals surface area (Å²) in [5, 5.41) is 2.90. The molecule has 2 aromatic carbocycles. The third-order valence-electron chi connectivity index (χ3n) is 5.86. The van der Waals surface area contributed by atoms with Crippen molar-refractivity contribution in [2.75, 3.05) is 16.8 Å². The van der Waals surface area contributed by atoms with Crippen LogP contribution in [0.25, 0.3) is 5.57 Å². The molecule has 3 heterocycles. The van der Waals surface area contributed by atoms with Gasteiger partial charge in [-0.25, -0.2) is 0 Å². The summed E-state index contributed by atoms with van der Waals surface area (Å²) >= 11 is 6.53. The second kappa shape index (κ2) is 9.16. The lowest BCUT2D eigenvalue weighted by atomic mass is 10.1. The van der Waals surface area contributed by atoms with Crippen LogP contribution >= 0.6 is 24.0 Å². The summed E-state index contributed by atoms with van der Waals surface area (Å²) < 4.78 is 5.71. The second-order valence-corrected chi connectivity index (χ2v) is 9.96. The van der Waals surface area contributed by atoms with Crippen molar-refractivity contribution >= 4 is 63.0 Å². The minimum Gasteiger partial charge on any atom is -0.467 e. The van der Waals surface area contributed by atoms with Gasteiger partial charge in [0.2, 0.25) is 5.91 Å². The number of nitrogens with zero attached hydrogens (tertiary/aromatic N) is 2. The Balaban J connectivity index is 1.44. The van der Waals surface area contributed by atoms with E-state index in [0.29, 0.717) is 27.0 Å². The summed E-state index contributed by atoms with van der Waals surface area (Å²) in [5.74, 6) is -0.485. The van der Waals surface area contributed by atoms with Gasteiger partial charge < -0.3 is 9.73 Å². The van der Waals surface area contributed by atoms with Gasteiger partial charge in [0.15, 0.2) is 0 Å². The van der Waals surface area contributed by atoms with Crippen molar-refractivity contribution in [2.24, 2.45) is 0 Å². The Bertz CT molecular complexity index is 1410. The standard InChI is InChI=1S/C26H21N3O4S2/c1-15-9-10-16(2)19(12-15)27-21(30)14-28-20-8-4-3-7-18(20)22(24(28)31)23-25(32)29(26(34)35-23)13-17-6-5-11-33-17/h3-12H,13-14H2,1-2H3,(H,27,30). The molecular formula is C26H21N3O4S2. The molecule has 0 atom stereocenters. The summed E-state index contributed by atoms with van der Waals surface area (Å²) in [6.45, 7) is 3.86. The number of benzene rings is 2. The maximum Gasteiger partial charge on any atom is 0.267 e. The SMILES string of the molecule is Cc1ccc(C)c(NC(=O)CN2C(=O)C(=C3SC(=S)N(Cc4ccco4)C3=O)c3ccccc32)c1. The van der Waals surface area contributed by atoms with Crippen LogP contribution in [0.15, 0.2) is 70.2 Å². The average molecular weight is 504 g/mol. The first kappa shape index (κ1) is 23.1. The van der Waals surface area contributed by atoms with Crippen molar-refractivity contribution in [1.29, 1.82) is 0 Å². The lowest BCUT2D eigenvalue weighted by molar-refractivity contribution is -0.123. The van der Waals surface area contributed by atoms with Crippen LogP contribution in [0.4, 0.5) is 11.4 Å². The first-order valence-corrected chi connectivity index (χ1v) is 12.1. The average Bonchev–Trinajstić information content (AvgIpc) is 3.51. The Labute approximate surface area is 211 Å². The van der Waals surface area contributed by atoms with Crippen LogP contribution in [0, 0.1) is 13.8 Å². The van der Waals surface area contributed by atoms with Gasteiger partial charge in [0.1, 0.15) is 16.6 Å². The maximum atomic E-state index is 13.6. The lowest BCUT2D eigenvalue weighted by Gasteiger charge is -2.17. The number of fused-ring (bicyclic) bond motifs is 1. The van der Waals surface area contributed by atoms with Crippen LogP contribution in [0.5, 0.6) is 0 Å². The highest BCUT2D eigenvalue weighted by atomic mass is 32.2. The summed E-state index contributed by atoms with van der Waals surface area (Å²) in [6, 6.07) is 16.5. The minimum atomic E-state index is -0.402. The Morgan fingerprint density at radius 1 is 1.03 bits per heavy atom. The zero-order chi connectivity index (χ0) is 24.7. The molecule has 1 saturated heterocycles. The van der Waals surface area contributed by atoms with Crippen molar-refractivity contribution in [1.82, 2.24) is 4.90 Å². The fourth-order valence-electron chi connectivity index (χ4n) is 4.10.